The van der Waals surface area contributed by atoms with Gasteiger partial charge in [0.25, 0.3) is 0 Å². The van der Waals surface area contributed by atoms with Crippen molar-refractivity contribution in [3.8, 4) is 5.06 Å². The van der Waals surface area contributed by atoms with Crippen molar-refractivity contribution in [2.45, 2.75) is 52.0 Å². The number of fused-ring (bicyclic) bond motifs is 1. The number of nitrogens with zero attached hydrogens (tertiary/aromatic N) is 1. The molecule has 1 fully saturated rings. The van der Waals surface area contributed by atoms with E-state index in [0.29, 0.717) is 12.3 Å². The van der Waals surface area contributed by atoms with Crippen molar-refractivity contribution in [3.05, 3.63) is 16.5 Å². The molecule has 140 valence electrons. The van der Waals surface area contributed by atoms with E-state index >= 15 is 0 Å². The van der Waals surface area contributed by atoms with Crippen LogP contribution in [0.15, 0.2) is 6.07 Å². The van der Waals surface area contributed by atoms with Gasteiger partial charge in [0, 0.05) is 30.9 Å². The van der Waals surface area contributed by atoms with Crippen LogP contribution in [0.5, 0.6) is 5.06 Å². The molecular formula is C20H32N2O2S. The van der Waals surface area contributed by atoms with Crippen LogP contribution in [0.3, 0.4) is 0 Å². The molecule has 1 saturated heterocycles. The molecule has 1 N–H and O–H groups in total. The quantitative estimate of drug-likeness (QED) is 0.538. The number of aldehydes is 1. The van der Waals surface area contributed by atoms with Gasteiger partial charge in [-0.15, -0.1) is 11.3 Å². The van der Waals surface area contributed by atoms with Gasteiger partial charge in [-0.25, -0.2) is 0 Å². The number of ether oxygens (including phenoxy) is 1. The molecule has 1 aromatic heterocycles. The fourth-order valence-electron chi connectivity index (χ4n) is 3.99. The Morgan fingerprint density at radius 2 is 2.44 bits per heavy atom. The van der Waals surface area contributed by atoms with Gasteiger partial charge in [-0.3, -0.25) is 4.90 Å². The zero-order valence-electron chi connectivity index (χ0n) is 15.5. The molecule has 3 heterocycles. The molecule has 0 bridgehead atoms. The van der Waals surface area contributed by atoms with Crippen molar-refractivity contribution in [3.63, 3.8) is 0 Å². The van der Waals surface area contributed by atoms with Gasteiger partial charge >= 0.3 is 0 Å². The molecule has 2 unspecified atom stereocenters. The Morgan fingerprint density at radius 3 is 3.24 bits per heavy atom. The van der Waals surface area contributed by atoms with E-state index in [1.807, 2.05) is 11.3 Å². The second kappa shape index (κ2) is 9.70. The molecule has 2 aliphatic rings. The number of nitrogens with one attached hydrogen (secondary N) is 1. The highest BCUT2D eigenvalue weighted by atomic mass is 32.1. The van der Waals surface area contributed by atoms with Crippen molar-refractivity contribution in [2.24, 2.45) is 11.8 Å². The van der Waals surface area contributed by atoms with Crippen molar-refractivity contribution in [2.75, 3.05) is 32.8 Å². The maximum atomic E-state index is 10.6. The molecule has 4 nitrogen and oxygen atoms in total. The monoisotopic (exact) mass is 364 g/mol. The lowest BCUT2D eigenvalue weighted by molar-refractivity contribution is -0.108. The van der Waals surface area contributed by atoms with E-state index in [0.717, 1.165) is 56.4 Å². The lowest BCUT2D eigenvalue weighted by Crippen LogP contribution is -2.33. The molecule has 0 aliphatic carbocycles. The molecule has 25 heavy (non-hydrogen) atoms. The lowest BCUT2D eigenvalue weighted by Gasteiger charge is -2.28. The topological polar surface area (TPSA) is 41.6 Å². The summed E-state index contributed by atoms with van der Waals surface area (Å²) in [6, 6.07) is 2.25. The second-order valence-electron chi connectivity index (χ2n) is 7.71. The lowest BCUT2D eigenvalue weighted by atomic mass is 9.95. The van der Waals surface area contributed by atoms with Crippen LogP contribution in [-0.4, -0.2) is 44.0 Å². The first-order valence-electron chi connectivity index (χ1n) is 9.85. The van der Waals surface area contributed by atoms with E-state index in [1.54, 1.807) is 0 Å². The Hall–Kier alpha value is -0.910. The smallest absolute Gasteiger partial charge is 0.174 e. The molecular weight excluding hydrogens is 332 g/mol. The van der Waals surface area contributed by atoms with Crippen molar-refractivity contribution in [1.82, 2.24) is 10.2 Å². The molecule has 0 saturated carbocycles. The Kier molecular flexibility index (Phi) is 7.32. The molecule has 0 amide bonds. The third-order valence-electron chi connectivity index (χ3n) is 5.39. The van der Waals surface area contributed by atoms with E-state index in [2.05, 4.69) is 23.2 Å². The van der Waals surface area contributed by atoms with Crippen LogP contribution in [0.2, 0.25) is 0 Å². The number of hydrogen-bond acceptors (Lipinski definition) is 5. The molecule has 1 aromatic rings. The minimum Gasteiger partial charge on any atom is -0.484 e. The van der Waals surface area contributed by atoms with Crippen LogP contribution in [0.4, 0.5) is 0 Å². The maximum absolute atomic E-state index is 10.6. The Bertz CT molecular complexity index is 540. The fourth-order valence-corrected chi connectivity index (χ4v) is 5.02. The summed E-state index contributed by atoms with van der Waals surface area (Å²) in [5.74, 6) is 1.29. The minimum atomic E-state index is 0.447. The number of carbonyl (C=O) groups is 1. The predicted octanol–water partition coefficient (Wildman–Crippen LogP) is 3.49. The first-order valence-corrected chi connectivity index (χ1v) is 10.7. The van der Waals surface area contributed by atoms with Gasteiger partial charge in [-0.1, -0.05) is 6.92 Å². The van der Waals surface area contributed by atoms with Crippen molar-refractivity contribution in [1.29, 1.82) is 0 Å². The summed E-state index contributed by atoms with van der Waals surface area (Å²) in [4.78, 5) is 14.6. The molecule has 0 aromatic carbocycles. The van der Waals surface area contributed by atoms with E-state index < -0.39 is 0 Å². The molecule has 3 rings (SSSR count). The second-order valence-corrected chi connectivity index (χ2v) is 8.81. The van der Waals surface area contributed by atoms with Gasteiger partial charge in [0.2, 0.25) is 0 Å². The van der Waals surface area contributed by atoms with Gasteiger partial charge in [0.05, 0.1) is 6.61 Å². The normalized spacial score (nSPS) is 22.4. The first-order chi connectivity index (χ1) is 12.2. The van der Waals surface area contributed by atoms with E-state index in [4.69, 9.17) is 4.74 Å². The summed E-state index contributed by atoms with van der Waals surface area (Å²) >= 11 is 1.84. The largest absolute Gasteiger partial charge is 0.484 e. The first kappa shape index (κ1) is 18.9. The maximum Gasteiger partial charge on any atom is 0.174 e. The molecule has 0 spiro atoms. The summed E-state index contributed by atoms with van der Waals surface area (Å²) in [7, 11) is 0. The van der Waals surface area contributed by atoms with Crippen LogP contribution in [0.25, 0.3) is 0 Å². The van der Waals surface area contributed by atoms with Crippen LogP contribution in [0, 0.1) is 11.8 Å². The van der Waals surface area contributed by atoms with Crippen LogP contribution < -0.4 is 10.1 Å². The standard InChI is InChI=1S/C20H32N2O2S/c1-16(7-10-23)14-22-9-6-19-18(15-22)12-20(25-19)24-11-3-5-17-4-2-8-21-13-17/h10,12,16-17,21H,2-9,11,13-15H2,1H3. The zero-order chi connectivity index (χ0) is 17.5. The minimum absolute atomic E-state index is 0.447. The molecule has 5 heteroatoms. The van der Waals surface area contributed by atoms with E-state index in [-0.39, 0.29) is 0 Å². The summed E-state index contributed by atoms with van der Waals surface area (Å²) in [5.41, 5.74) is 1.43. The summed E-state index contributed by atoms with van der Waals surface area (Å²) in [6.45, 7) is 8.50. The van der Waals surface area contributed by atoms with E-state index in [1.165, 1.54) is 42.8 Å². The fraction of sp³-hybridized carbons (Fsp3) is 0.750. The average molecular weight is 365 g/mol. The third kappa shape index (κ3) is 5.80. The Morgan fingerprint density at radius 1 is 1.52 bits per heavy atom. The van der Waals surface area contributed by atoms with Crippen LogP contribution in [-0.2, 0) is 17.8 Å². The number of hydrogen-bond donors (Lipinski definition) is 1. The average Bonchev–Trinajstić information content (AvgIpc) is 3.02. The van der Waals surface area contributed by atoms with Gasteiger partial charge < -0.3 is 14.8 Å². The van der Waals surface area contributed by atoms with Crippen LogP contribution in [0.1, 0.15) is 49.5 Å². The highest BCUT2D eigenvalue weighted by Gasteiger charge is 2.21. The molecule has 2 atom stereocenters. The number of rotatable bonds is 9. The Balaban J connectivity index is 1.40. The van der Waals surface area contributed by atoms with Gasteiger partial charge in [0.15, 0.2) is 5.06 Å². The highest BCUT2D eigenvalue weighted by Crippen LogP contribution is 2.33. The molecule has 2 aliphatic heterocycles. The zero-order valence-corrected chi connectivity index (χ0v) is 16.3. The summed E-state index contributed by atoms with van der Waals surface area (Å²) in [5, 5.41) is 4.58. The van der Waals surface area contributed by atoms with Gasteiger partial charge in [0.1, 0.15) is 6.29 Å². The van der Waals surface area contributed by atoms with Crippen molar-refractivity contribution >= 4 is 17.6 Å². The highest BCUT2D eigenvalue weighted by molar-refractivity contribution is 7.14. The van der Waals surface area contributed by atoms with Crippen molar-refractivity contribution < 1.29 is 9.53 Å². The number of thiophene rings is 1. The predicted molar refractivity (Wildman–Crippen MR) is 103 cm³/mol. The molecule has 0 radical (unpaired) electrons. The van der Waals surface area contributed by atoms with Crippen LogP contribution >= 0.6 is 11.3 Å². The summed E-state index contributed by atoms with van der Waals surface area (Å²) in [6.07, 6.45) is 7.96. The summed E-state index contributed by atoms with van der Waals surface area (Å²) < 4.78 is 6.04. The van der Waals surface area contributed by atoms with Gasteiger partial charge in [-0.05, 0) is 68.7 Å². The third-order valence-corrected chi connectivity index (χ3v) is 6.54. The van der Waals surface area contributed by atoms with Gasteiger partial charge in [-0.2, -0.15) is 0 Å². The SMILES string of the molecule is CC(CC=O)CN1CCc2sc(OCCCC3CCCNC3)cc2C1. The number of carbonyl (C=O) groups excluding carboxylic acids is 1. The Labute approximate surface area is 155 Å². The van der Waals surface area contributed by atoms with E-state index in [9.17, 15) is 4.79 Å². The number of piperidine rings is 1.